The normalized spacial score (nSPS) is 18.1. The molecule has 0 aliphatic carbocycles. The van der Waals surface area contributed by atoms with Gasteiger partial charge in [-0.15, -0.1) is 0 Å². The second-order valence-electron chi connectivity index (χ2n) is 5.18. The molecular formula is C13H26N2O. The van der Waals surface area contributed by atoms with Crippen LogP contribution in [0.3, 0.4) is 0 Å². The molecule has 1 aliphatic heterocycles. The van der Waals surface area contributed by atoms with E-state index in [1.54, 1.807) is 0 Å². The second-order valence-corrected chi connectivity index (χ2v) is 5.18. The number of piperazine rings is 1. The fourth-order valence-corrected chi connectivity index (χ4v) is 2.18. The third-order valence-electron chi connectivity index (χ3n) is 3.09. The monoisotopic (exact) mass is 226 g/mol. The van der Waals surface area contributed by atoms with Gasteiger partial charge in [-0.05, 0) is 12.3 Å². The summed E-state index contributed by atoms with van der Waals surface area (Å²) in [4.78, 5) is 16.3. The van der Waals surface area contributed by atoms with Crippen molar-refractivity contribution in [2.24, 2.45) is 5.92 Å². The predicted molar refractivity (Wildman–Crippen MR) is 67.4 cm³/mol. The minimum Gasteiger partial charge on any atom is -0.340 e. The lowest BCUT2D eigenvalue weighted by atomic mass is 10.1. The van der Waals surface area contributed by atoms with E-state index < -0.39 is 0 Å². The zero-order valence-electron chi connectivity index (χ0n) is 11.0. The number of nitrogens with zero attached hydrogens (tertiary/aromatic N) is 2. The molecule has 1 fully saturated rings. The Kier molecular flexibility index (Phi) is 5.81. The second kappa shape index (κ2) is 6.89. The fraction of sp³-hybridized carbons (Fsp3) is 0.923. The van der Waals surface area contributed by atoms with Crippen molar-refractivity contribution in [1.29, 1.82) is 0 Å². The van der Waals surface area contributed by atoms with Gasteiger partial charge < -0.3 is 4.90 Å². The van der Waals surface area contributed by atoms with Crippen LogP contribution in [0.4, 0.5) is 0 Å². The summed E-state index contributed by atoms with van der Waals surface area (Å²) in [6, 6.07) is 0. The molecule has 3 heteroatoms. The third kappa shape index (κ3) is 4.52. The number of hydrogen-bond acceptors (Lipinski definition) is 2. The van der Waals surface area contributed by atoms with Crippen LogP contribution in [-0.4, -0.2) is 48.4 Å². The van der Waals surface area contributed by atoms with Crippen molar-refractivity contribution in [2.45, 2.75) is 40.0 Å². The first kappa shape index (κ1) is 13.5. The molecule has 0 atom stereocenters. The molecule has 1 heterocycles. The molecule has 1 aliphatic rings. The number of unbranched alkanes of at least 4 members (excludes halogenated alkanes) is 1. The molecule has 0 spiro atoms. The standard InChI is InChI=1S/C13H26N2O/c1-4-5-6-13(16)15-9-7-14(8-10-15)11-12(2)3/h12H,4-11H2,1-3H3. The average molecular weight is 226 g/mol. The average Bonchev–Trinajstić information content (AvgIpc) is 2.26. The zero-order chi connectivity index (χ0) is 12.0. The van der Waals surface area contributed by atoms with E-state index in [4.69, 9.17) is 0 Å². The lowest BCUT2D eigenvalue weighted by Gasteiger charge is -2.35. The molecule has 16 heavy (non-hydrogen) atoms. The van der Waals surface area contributed by atoms with E-state index in [-0.39, 0.29) is 0 Å². The van der Waals surface area contributed by atoms with Crippen LogP contribution in [-0.2, 0) is 4.79 Å². The Labute approximate surface area is 99.8 Å². The highest BCUT2D eigenvalue weighted by molar-refractivity contribution is 5.76. The molecular weight excluding hydrogens is 200 g/mol. The molecule has 1 saturated heterocycles. The van der Waals surface area contributed by atoms with Crippen LogP contribution in [0.25, 0.3) is 0 Å². The van der Waals surface area contributed by atoms with Gasteiger partial charge in [0.15, 0.2) is 0 Å². The molecule has 0 N–H and O–H groups in total. The number of carbonyl (C=O) groups excluding carboxylic acids is 1. The maximum Gasteiger partial charge on any atom is 0.222 e. The maximum absolute atomic E-state index is 11.8. The summed E-state index contributed by atoms with van der Waals surface area (Å²) < 4.78 is 0. The summed E-state index contributed by atoms with van der Waals surface area (Å²) in [5, 5.41) is 0. The van der Waals surface area contributed by atoms with Crippen molar-refractivity contribution in [3.63, 3.8) is 0 Å². The summed E-state index contributed by atoms with van der Waals surface area (Å²) in [5.41, 5.74) is 0. The van der Waals surface area contributed by atoms with E-state index in [1.807, 2.05) is 4.90 Å². The Morgan fingerprint density at radius 3 is 2.31 bits per heavy atom. The van der Waals surface area contributed by atoms with Gasteiger partial charge in [-0.3, -0.25) is 9.69 Å². The molecule has 1 amide bonds. The Morgan fingerprint density at radius 1 is 1.19 bits per heavy atom. The van der Waals surface area contributed by atoms with E-state index in [9.17, 15) is 4.79 Å². The molecule has 0 bridgehead atoms. The van der Waals surface area contributed by atoms with Crippen molar-refractivity contribution in [3.05, 3.63) is 0 Å². The van der Waals surface area contributed by atoms with Gasteiger partial charge in [0.05, 0.1) is 0 Å². The molecule has 94 valence electrons. The highest BCUT2D eigenvalue weighted by atomic mass is 16.2. The maximum atomic E-state index is 11.8. The highest BCUT2D eigenvalue weighted by Gasteiger charge is 2.20. The van der Waals surface area contributed by atoms with E-state index in [0.717, 1.165) is 57.9 Å². The van der Waals surface area contributed by atoms with Gasteiger partial charge in [0.2, 0.25) is 5.91 Å². The fourth-order valence-electron chi connectivity index (χ4n) is 2.18. The Morgan fingerprint density at radius 2 is 1.81 bits per heavy atom. The summed E-state index contributed by atoms with van der Waals surface area (Å²) in [5.74, 6) is 1.08. The van der Waals surface area contributed by atoms with Crippen LogP contribution >= 0.6 is 0 Å². The van der Waals surface area contributed by atoms with Crippen molar-refractivity contribution in [1.82, 2.24) is 9.80 Å². The molecule has 0 aromatic carbocycles. The quantitative estimate of drug-likeness (QED) is 0.715. The van der Waals surface area contributed by atoms with Crippen molar-refractivity contribution in [3.8, 4) is 0 Å². The molecule has 1 rings (SSSR count). The van der Waals surface area contributed by atoms with Gasteiger partial charge in [-0.2, -0.15) is 0 Å². The largest absolute Gasteiger partial charge is 0.340 e. The minimum absolute atomic E-state index is 0.353. The van der Waals surface area contributed by atoms with Crippen LogP contribution in [0.15, 0.2) is 0 Å². The first-order valence-corrected chi connectivity index (χ1v) is 6.63. The van der Waals surface area contributed by atoms with Crippen LogP contribution in [0.1, 0.15) is 40.0 Å². The van der Waals surface area contributed by atoms with Crippen molar-refractivity contribution in [2.75, 3.05) is 32.7 Å². The van der Waals surface area contributed by atoms with Crippen LogP contribution in [0, 0.1) is 5.92 Å². The van der Waals surface area contributed by atoms with Crippen LogP contribution in [0.2, 0.25) is 0 Å². The van der Waals surface area contributed by atoms with Crippen LogP contribution < -0.4 is 0 Å². The first-order chi connectivity index (χ1) is 7.63. The lowest BCUT2D eigenvalue weighted by Crippen LogP contribution is -2.49. The highest BCUT2D eigenvalue weighted by Crippen LogP contribution is 2.08. The van der Waals surface area contributed by atoms with E-state index >= 15 is 0 Å². The van der Waals surface area contributed by atoms with Gasteiger partial charge in [-0.25, -0.2) is 0 Å². The Balaban J connectivity index is 2.23. The van der Waals surface area contributed by atoms with Gasteiger partial charge in [0, 0.05) is 39.1 Å². The first-order valence-electron chi connectivity index (χ1n) is 6.63. The van der Waals surface area contributed by atoms with Crippen molar-refractivity contribution < 1.29 is 4.79 Å². The van der Waals surface area contributed by atoms with Crippen LogP contribution in [0.5, 0.6) is 0 Å². The summed E-state index contributed by atoms with van der Waals surface area (Å²) in [6.45, 7) is 11.7. The smallest absolute Gasteiger partial charge is 0.222 e. The lowest BCUT2D eigenvalue weighted by molar-refractivity contribution is -0.133. The topological polar surface area (TPSA) is 23.6 Å². The summed E-state index contributed by atoms with van der Waals surface area (Å²) in [6.07, 6.45) is 2.88. The molecule has 3 nitrogen and oxygen atoms in total. The molecule has 0 saturated carbocycles. The number of amides is 1. The SMILES string of the molecule is CCCCC(=O)N1CCN(CC(C)C)CC1. The Bertz CT molecular complexity index is 208. The molecule has 0 aromatic rings. The van der Waals surface area contributed by atoms with Gasteiger partial charge in [-0.1, -0.05) is 27.2 Å². The van der Waals surface area contributed by atoms with E-state index in [2.05, 4.69) is 25.7 Å². The number of hydrogen-bond donors (Lipinski definition) is 0. The van der Waals surface area contributed by atoms with Gasteiger partial charge in [0.25, 0.3) is 0 Å². The molecule has 0 unspecified atom stereocenters. The van der Waals surface area contributed by atoms with Gasteiger partial charge in [0.1, 0.15) is 0 Å². The minimum atomic E-state index is 0.353. The number of rotatable bonds is 5. The summed E-state index contributed by atoms with van der Waals surface area (Å²) >= 11 is 0. The zero-order valence-corrected chi connectivity index (χ0v) is 11.0. The predicted octanol–water partition coefficient (Wildman–Crippen LogP) is 1.98. The Hall–Kier alpha value is -0.570. The van der Waals surface area contributed by atoms with Crippen molar-refractivity contribution >= 4 is 5.91 Å². The molecule has 0 radical (unpaired) electrons. The third-order valence-corrected chi connectivity index (χ3v) is 3.09. The number of carbonyl (C=O) groups is 1. The van der Waals surface area contributed by atoms with E-state index in [1.165, 1.54) is 0 Å². The van der Waals surface area contributed by atoms with E-state index in [0.29, 0.717) is 5.91 Å². The van der Waals surface area contributed by atoms with Gasteiger partial charge >= 0.3 is 0 Å². The summed E-state index contributed by atoms with van der Waals surface area (Å²) in [7, 11) is 0. The molecule has 0 aromatic heterocycles.